The van der Waals surface area contributed by atoms with Gasteiger partial charge in [-0.15, -0.1) is 0 Å². The van der Waals surface area contributed by atoms with E-state index in [0.29, 0.717) is 12.3 Å². The molecule has 2 aromatic rings. The van der Waals surface area contributed by atoms with Gasteiger partial charge in [-0.1, -0.05) is 81.1 Å². The lowest BCUT2D eigenvalue weighted by atomic mass is 10.0. The minimum atomic E-state index is 0.264. The van der Waals surface area contributed by atoms with Crippen molar-refractivity contribution >= 4 is 11.6 Å². The smallest absolute Gasteiger partial charge is 0.227 e. The molecule has 0 radical (unpaired) electrons. The summed E-state index contributed by atoms with van der Waals surface area (Å²) in [6, 6.07) is 17.4. The van der Waals surface area contributed by atoms with Crippen LogP contribution in [0.25, 0.3) is 0 Å². The van der Waals surface area contributed by atoms with E-state index in [4.69, 9.17) is 0 Å². The largest absolute Gasteiger partial charge is 0.312 e. The maximum absolute atomic E-state index is 13.1. The van der Waals surface area contributed by atoms with Crippen LogP contribution in [0.4, 0.5) is 5.69 Å². The average Bonchev–Trinajstić information content (AvgIpc) is 2.70. The summed E-state index contributed by atoms with van der Waals surface area (Å²) >= 11 is 0. The number of benzene rings is 2. The van der Waals surface area contributed by atoms with Gasteiger partial charge in [0.25, 0.3) is 0 Å². The fourth-order valence-electron chi connectivity index (χ4n) is 4.29. The van der Waals surface area contributed by atoms with E-state index >= 15 is 0 Å². The molecular formula is C27H38N2O. The molecule has 0 saturated carbocycles. The van der Waals surface area contributed by atoms with E-state index in [2.05, 4.69) is 79.1 Å². The number of rotatable bonds is 4. The van der Waals surface area contributed by atoms with Crippen LogP contribution in [-0.4, -0.2) is 23.9 Å². The first kappa shape index (κ1) is 22.6. The molecule has 1 aliphatic heterocycles. The quantitative estimate of drug-likeness (QED) is 0.591. The number of amides is 1. The van der Waals surface area contributed by atoms with Crippen molar-refractivity contribution in [2.75, 3.05) is 18.0 Å². The molecule has 3 rings (SSSR count). The van der Waals surface area contributed by atoms with Gasteiger partial charge in [0, 0.05) is 31.7 Å². The number of nitrogens with zero attached hydrogens (tertiary/aromatic N) is 2. The van der Waals surface area contributed by atoms with Gasteiger partial charge in [-0.25, -0.2) is 0 Å². The third-order valence-corrected chi connectivity index (χ3v) is 5.94. The van der Waals surface area contributed by atoms with Crippen molar-refractivity contribution < 1.29 is 4.79 Å². The molecular weight excluding hydrogens is 368 g/mol. The van der Waals surface area contributed by atoms with Crippen LogP contribution in [0.5, 0.6) is 0 Å². The van der Waals surface area contributed by atoms with Crippen LogP contribution in [0.1, 0.15) is 69.1 Å². The highest BCUT2D eigenvalue weighted by Crippen LogP contribution is 2.26. The Morgan fingerprint density at radius 3 is 2.30 bits per heavy atom. The molecule has 30 heavy (non-hydrogen) atoms. The lowest BCUT2D eigenvalue weighted by Crippen LogP contribution is -2.34. The van der Waals surface area contributed by atoms with Crippen LogP contribution in [0.15, 0.2) is 48.5 Å². The number of para-hydroxylation sites is 1. The Morgan fingerprint density at radius 1 is 0.900 bits per heavy atom. The molecule has 1 aliphatic rings. The monoisotopic (exact) mass is 406 g/mol. The van der Waals surface area contributed by atoms with Gasteiger partial charge in [0.15, 0.2) is 0 Å². The number of fused-ring (bicyclic) bond motifs is 1. The van der Waals surface area contributed by atoms with E-state index in [1.54, 1.807) is 0 Å². The molecule has 3 heteroatoms. The van der Waals surface area contributed by atoms with E-state index in [-0.39, 0.29) is 5.91 Å². The highest BCUT2D eigenvalue weighted by Gasteiger charge is 2.21. The van der Waals surface area contributed by atoms with Crippen LogP contribution in [0.2, 0.25) is 0 Å². The van der Waals surface area contributed by atoms with Gasteiger partial charge >= 0.3 is 0 Å². The van der Waals surface area contributed by atoms with Gasteiger partial charge in [-0.2, -0.15) is 0 Å². The molecule has 0 aromatic heterocycles. The topological polar surface area (TPSA) is 23.6 Å². The maximum Gasteiger partial charge on any atom is 0.227 e. The van der Waals surface area contributed by atoms with E-state index in [9.17, 15) is 4.79 Å². The highest BCUT2D eigenvalue weighted by atomic mass is 16.2. The van der Waals surface area contributed by atoms with Crippen LogP contribution < -0.4 is 4.90 Å². The van der Waals surface area contributed by atoms with Gasteiger partial charge in [0.05, 0.1) is 0 Å². The molecule has 3 nitrogen and oxygen atoms in total. The SMILES string of the molecule is Cc1ccc(CN2CCCCCCCN(C(=O)CC(C)C)c3ccccc3C2)cc1. The average molecular weight is 407 g/mol. The predicted octanol–water partition coefficient (Wildman–Crippen LogP) is 6.34. The first-order valence-electron chi connectivity index (χ1n) is 11.7. The molecule has 0 N–H and O–H groups in total. The number of carbonyl (C=O) groups is 1. The Kier molecular flexibility index (Phi) is 8.50. The van der Waals surface area contributed by atoms with Crippen molar-refractivity contribution in [3.63, 3.8) is 0 Å². The van der Waals surface area contributed by atoms with E-state index < -0.39 is 0 Å². The third-order valence-electron chi connectivity index (χ3n) is 5.94. The fraction of sp³-hybridized carbons (Fsp3) is 0.519. The molecule has 0 spiro atoms. The summed E-state index contributed by atoms with van der Waals surface area (Å²) in [6.07, 6.45) is 6.67. The molecule has 0 saturated heterocycles. The first-order valence-corrected chi connectivity index (χ1v) is 11.7. The lowest BCUT2D eigenvalue weighted by Gasteiger charge is -2.30. The van der Waals surface area contributed by atoms with Crippen molar-refractivity contribution in [1.29, 1.82) is 0 Å². The molecule has 162 valence electrons. The Morgan fingerprint density at radius 2 is 1.57 bits per heavy atom. The van der Waals surface area contributed by atoms with Crippen LogP contribution in [0.3, 0.4) is 0 Å². The zero-order valence-electron chi connectivity index (χ0n) is 19.1. The molecule has 1 amide bonds. The second-order valence-corrected chi connectivity index (χ2v) is 9.24. The summed E-state index contributed by atoms with van der Waals surface area (Å²) in [5, 5.41) is 0. The molecule has 0 fully saturated rings. The number of aryl methyl sites for hydroxylation is 1. The summed E-state index contributed by atoms with van der Waals surface area (Å²) in [5.41, 5.74) is 5.04. The molecule has 0 aliphatic carbocycles. The standard InChI is InChI=1S/C27H38N2O/c1-22(2)19-27(30)29-18-10-6-4-5-9-17-28(20-24-15-13-23(3)14-16-24)21-25-11-7-8-12-26(25)29/h7-8,11-16,22H,4-6,9-10,17-21H2,1-3H3. The van der Waals surface area contributed by atoms with Crippen LogP contribution in [-0.2, 0) is 17.9 Å². The molecule has 0 unspecified atom stereocenters. The minimum absolute atomic E-state index is 0.264. The third kappa shape index (κ3) is 6.70. The van der Waals surface area contributed by atoms with Gasteiger partial charge < -0.3 is 4.90 Å². The lowest BCUT2D eigenvalue weighted by molar-refractivity contribution is -0.119. The molecule has 0 atom stereocenters. The van der Waals surface area contributed by atoms with E-state index in [1.807, 2.05) is 0 Å². The summed E-state index contributed by atoms with van der Waals surface area (Å²) in [7, 11) is 0. The summed E-state index contributed by atoms with van der Waals surface area (Å²) < 4.78 is 0. The van der Waals surface area contributed by atoms with E-state index in [0.717, 1.165) is 38.3 Å². The van der Waals surface area contributed by atoms with Crippen molar-refractivity contribution in [3.05, 3.63) is 65.2 Å². The minimum Gasteiger partial charge on any atom is -0.312 e. The predicted molar refractivity (Wildman–Crippen MR) is 127 cm³/mol. The summed E-state index contributed by atoms with van der Waals surface area (Å²) in [6.45, 7) is 10.2. The van der Waals surface area contributed by atoms with Crippen LogP contribution in [0, 0.1) is 12.8 Å². The maximum atomic E-state index is 13.1. The number of hydrogen-bond donors (Lipinski definition) is 0. The Hall–Kier alpha value is -2.13. The molecule has 2 aromatic carbocycles. The summed E-state index contributed by atoms with van der Waals surface area (Å²) in [4.78, 5) is 17.7. The Balaban J connectivity index is 1.86. The first-order chi connectivity index (χ1) is 14.5. The fourth-order valence-corrected chi connectivity index (χ4v) is 4.29. The van der Waals surface area contributed by atoms with Gasteiger partial charge in [0.1, 0.15) is 0 Å². The number of hydrogen-bond acceptors (Lipinski definition) is 2. The molecule has 1 heterocycles. The van der Waals surface area contributed by atoms with Crippen molar-refractivity contribution in [2.45, 2.75) is 72.4 Å². The Bertz CT molecular complexity index is 797. The molecule has 0 bridgehead atoms. The zero-order valence-corrected chi connectivity index (χ0v) is 19.1. The van der Waals surface area contributed by atoms with Gasteiger partial charge in [-0.05, 0) is 49.4 Å². The number of anilines is 1. The second-order valence-electron chi connectivity index (χ2n) is 9.24. The highest BCUT2D eigenvalue weighted by molar-refractivity contribution is 5.94. The van der Waals surface area contributed by atoms with Crippen molar-refractivity contribution in [1.82, 2.24) is 4.90 Å². The van der Waals surface area contributed by atoms with Crippen molar-refractivity contribution in [2.24, 2.45) is 5.92 Å². The normalized spacial score (nSPS) is 16.6. The van der Waals surface area contributed by atoms with Crippen LogP contribution >= 0.6 is 0 Å². The number of carbonyl (C=O) groups excluding carboxylic acids is 1. The van der Waals surface area contributed by atoms with Crippen molar-refractivity contribution in [3.8, 4) is 0 Å². The van der Waals surface area contributed by atoms with E-state index in [1.165, 1.54) is 42.4 Å². The zero-order chi connectivity index (χ0) is 21.3. The summed E-state index contributed by atoms with van der Waals surface area (Å²) in [5.74, 6) is 0.642. The second kappa shape index (κ2) is 11.3. The van der Waals surface area contributed by atoms with Gasteiger partial charge in [0.2, 0.25) is 5.91 Å². The Labute approximate surface area is 183 Å². The van der Waals surface area contributed by atoms with Gasteiger partial charge in [-0.3, -0.25) is 9.69 Å².